The molecule has 0 aliphatic carbocycles. The molecule has 6 nitrogen and oxygen atoms in total. The van der Waals surface area contributed by atoms with Crippen LogP contribution in [0, 0.1) is 6.92 Å². The SMILES string of the molecule is Cc1ccc2c(c1)cc(C(=O)O)n2C(C)(N)CC(=O)OC(C)(C)C. The van der Waals surface area contributed by atoms with E-state index < -0.39 is 23.2 Å². The van der Waals surface area contributed by atoms with E-state index in [1.807, 2.05) is 25.1 Å². The van der Waals surface area contributed by atoms with Crippen molar-refractivity contribution in [2.24, 2.45) is 5.73 Å². The second kappa shape index (κ2) is 5.94. The molecular formula is C18H24N2O4. The summed E-state index contributed by atoms with van der Waals surface area (Å²) in [7, 11) is 0. The number of nitrogens with two attached hydrogens (primary N) is 1. The summed E-state index contributed by atoms with van der Waals surface area (Å²) >= 11 is 0. The number of carbonyl (C=O) groups is 2. The first-order chi connectivity index (χ1) is 10.9. The normalized spacial score (nSPS) is 14.4. The summed E-state index contributed by atoms with van der Waals surface area (Å²) in [5.41, 5.74) is 6.22. The summed E-state index contributed by atoms with van der Waals surface area (Å²) in [5, 5.41) is 10.3. The molecule has 130 valence electrons. The fraction of sp³-hybridized carbons (Fsp3) is 0.444. The van der Waals surface area contributed by atoms with E-state index in [1.54, 1.807) is 33.8 Å². The summed E-state index contributed by atoms with van der Waals surface area (Å²) in [6.45, 7) is 8.88. The van der Waals surface area contributed by atoms with Gasteiger partial charge in [-0.1, -0.05) is 11.6 Å². The Balaban J connectivity index is 2.50. The standard InChI is InChI=1S/C18H24N2O4/c1-11-6-7-13-12(8-11)9-14(16(22)23)20(13)18(5,19)10-15(21)24-17(2,3)4/h6-9H,10,19H2,1-5H3,(H,22,23). The topological polar surface area (TPSA) is 94.5 Å². The molecule has 1 unspecified atom stereocenters. The van der Waals surface area contributed by atoms with Crippen LogP contribution in [0.3, 0.4) is 0 Å². The van der Waals surface area contributed by atoms with Crippen LogP contribution in [0.15, 0.2) is 24.3 Å². The van der Waals surface area contributed by atoms with Gasteiger partial charge in [-0.15, -0.1) is 0 Å². The van der Waals surface area contributed by atoms with Gasteiger partial charge in [0.1, 0.15) is 17.0 Å². The molecule has 0 radical (unpaired) electrons. The van der Waals surface area contributed by atoms with Gasteiger partial charge < -0.3 is 20.1 Å². The van der Waals surface area contributed by atoms with Gasteiger partial charge in [0.2, 0.25) is 0 Å². The van der Waals surface area contributed by atoms with Crippen LogP contribution in [0.1, 0.15) is 50.2 Å². The van der Waals surface area contributed by atoms with Crippen molar-refractivity contribution in [3.8, 4) is 0 Å². The molecule has 1 atom stereocenters. The number of ether oxygens (including phenoxy) is 1. The van der Waals surface area contributed by atoms with E-state index in [2.05, 4.69) is 0 Å². The predicted octanol–water partition coefficient (Wildman–Crippen LogP) is 3.01. The number of hydrogen-bond acceptors (Lipinski definition) is 4. The van der Waals surface area contributed by atoms with Crippen LogP contribution < -0.4 is 5.73 Å². The molecule has 1 heterocycles. The maximum absolute atomic E-state index is 12.2. The van der Waals surface area contributed by atoms with Gasteiger partial charge in [0.05, 0.1) is 11.9 Å². The molecule has 24 heavy (non-hydrogen) atoms. The Morgan fingerprint density at radius 1 is 1.21 bits per heavy atom. The highest BCUT2D eigenvalue weighted by atomic mass is 16.6. The van der Waals surface area contributed by atoms with Gasteiger partial charge in [-0.05, 0) is 52.8 Å². The molecule has 0 saturated carbocycles. The molecule has 0 spiro atoms. The molecule has 2 aromatic rings. The molecule has 1 aromatic carbocycles. The summed E-state index contributed by atoms with van der Waals surface area (Å²) < 4.78 is 6.82. The van der Waals surface area contributed by atoms with E-state index in [-0.39, 0.29) is 12.1 Å². The summed E-state index contributed by atoms with van der Waals surface area (Å²) in [6, 6.07) is 7.16. The fourth-order valence-electron chi connectivity index (χ4n) is 2.79. The van der Waals surface area contributed by atoms with E-state index >= 15 is 0 Å². The predicted molar refractivity (Wildman–Crippen MR) is 91.9 cm³/mol. The molecule has 3 N–H and O–H groups in total. The van der Waals surface area contributed by atoms with E-state index in [0.29, 0.717) is 5.52 Å². The number of carbonyl (C=O) groups excluding carboxylic acids is 1. The molecule has 1 aromatic heterocycles. The van der Waals surface area contributed by atoms with Crippen molar-refractivity contribution in [2.45, 2.75) is 52.3 Å². The number of nitrogens with zero attached hydrogens (tertiary/aromatic N) is 1. The van der Waals surface area contributed by atoms with Gasteiger partial charge in [0, 0.05) is 5.39 Å². The first kappa shape index (κ1) is 18.0. The zero-order chi connectivity index (χ0) is 18.3. The Morgan fingerprint density at radius 3 is 2.38 bits per heavy atom. The van der Waals surface area contributed by atoms with E-state index in [0.717, 1.165) is 10.9 Å². The summed E-state index contributed by atoms with van der Waals surface area (Å²) in [6.07, 6.45) is -0.137. The number of fused-ring (bicyclic) bond motifs is 1. The first-order valence-corrected chi connectivity index (χ1v) is 7.77. The number of aryl methyl sites for hydroxylation is 1. The van der Waals surface area contributed by atoms with Crippen LogP contribution >= 0.6 is 0 Å². The zero-order valence-corrected chi connectivity index (χ0v) is 14.7. The summed E-state index contributed by atoms with van der Waals surface area (Å²) in [4.78, 5) is 23.8. The Kier molecular flexibility index (Phi) is 4.46. The van der Waals surface area contributed by atoms with Crippen LogP contribution in [-0.2, 0) is 15.2 Å². The summed E-state index contributed by atoms with van der Waals surface area (Å²) in [5.74, 6) is -1.57. The lowest BCUT2D eigenvalue weighted by molar-refractivity contribution is -0.157. The monoisotopic (exact) mass is 332 g/mol. The van der Waals surface area contributed by atoms with E-state index in [4.69, 9.17) is 10.5 Å². The molecule has 2 rings (SSSR count). The van der Waals surface area contributed by atoms with E-state index in [1.165, 1.54) is 4.57 Å². The van der Waals surface area contributed by atoms with Gasteiger partial charge in [-0.25, -0.2) is 4.79 Å². The van der Waals surface area contributed by atoms with Crippen LogP contribution in [0.5, 0.6) is 0 Å². The quantitative estimate of drug-likeness (QED) is 0.839. The Labute approximate surface area is 141 Å². The number of esters is 1. The highest BCUT2D eigenvalue weighted by molar-refractivity contribution is 5.95. The second-order valence-corrected chi connectivity index (χ2v) is 7.35. The lowest BCUT2D eigenvalue weighted by Crippen LogP contribution is -2.44. The minimum atomic E-state index is -1.23. The minimum Gasteiger partial charge on any atom is -0.477 e. The number of rotatable bonds is 4. The van der Waals surface area contributed by atoms with E-state index in [9.17, 15) is 14.7 Å². The number of carboxylic acids is 1. The lowest BCUT2D eigenvalue weighted by atomic mass is 10.1. The van der Waals surface area contributed by atoms with Crippen molar-refractivity contribution in [3.63, 3.8) is 0 Å². The van der Waals surface area contributed by atoms with Crippen LogP contribution in [0.2, 0.25) is 0 Å². The smallest absolute Gasteiger partial charge is 0.352 e. The minimum absolute atomic E-state index is 0.0455. The van der Waals surface area contributed by atoms with Crippen molar-refractivity contribution < 1.29 is 19.4 Å². The lowest BCUT2D eigenvalue weighted by Gasteiger charge is -2.30. The third kappa shape index (κ3) is 3.76. The number of carboxylic acid groups (broad SMARTS) is 1. The van der Waals surface area contributed by atoms with Crippen molar-refractivity contribution in [2.75, 3.05) is 0 Å². The van der Waals surface area contributed by atoms with Gasteiger partial charge in [-0.2, -0.15) is 0 Å². The molecule has 0 amide bonds. The number of benzene rings is 1. The van der Waals surface area contributed by atoms with Crippen LogP contribution in [0.25, 0.3) is 10.9 Å². The molecule has 0 bridgehead atoms. The maximum atomic E-state index is 12.2. The highest BCUT2D eigenvalue weighted by Crippen LogP contribution is 2.29. The maximum Gasteiger partial charge on any atom is 0.352 e. The molecule has 0 aliphatic heterocycles. The van der Waals surface area contributed by atoms with Gasteiger partial charge in [0.15, 0.2) is 0 Å². The average Bonchev–Trinajstić information content (AvgIpc) is 2.74. The fourth-order valence-corrected chi connectivity index (χ4v) is 2.79. The molecular weight excluding hydrogens is 308 g/mol. The van der Waals surface area contributed by atoms with Crippen molar-refractivity contribution in [3.05, 3.63) is 35.5 Å². The zero-order valence-electron chi connectivity index (χ0n) is 14.7. The average molecular weight is 332 g/mol. The van der Waals surface area contributed by atoms with Crippen LogP contribution in [-0.4, -0.2) is 27.2 Å². The van der Waals surface area contributed by atoms with Crippen molar-refractivity contribution >= 4 is 22.8 Å². The molecule has 0 aliphatic rings. The van der Waals surface area contributed by atoms with Crippen molar-refractivity contribution in [1.29, 1.82) is 0 Å². The first-order valence-electron chi connectivity index (χ1n) is 7.77. The second-order valence-electron chi connectivity index (χ2n) is 7.35. The largest absolute Gasteiger partial charge is 0.477 e. The van der Waals surface area contributed by atoms with Gasteiger partial charge in [0.25, 0.3) is 0 Å². The van der Waals surface area contributed by atoms with Crippen LogP contribution in [0.4, 0.5) is 0 Å². The number of hydrogen-bond donors (Lipinski definition) is 2. The highest BCUT2D eigenvalue weighted by Gasteiger charge is 2.32. The third-order valence-corrected chi connectivity index (χ3v) is 3.61. The Morgan fingerprint density at radius 2 is 1.83 bits per heavy atom. The molecule has 6 heteroatoms. The van der Waals surface area contributed by atoms with Gasteiger partial charge >= 0.3 is 11.9 Å². The van der Waals surface area contributed by atoms with Gasteiger partial charge in [-0.3, -0.25) is 4.79 Å². The molecule has 0 fully saturated rings. The number of aromatic carboxylic acids is 1. The van der Waals surface area contributed by atoms with Crippen molar-refractivity contribution in [1.82, 2.24) is 4.57 Å². The number of aromatic nitrogens is 1. The Bertz CT molecular complexity index is 797. The third-order valence-electron chi connectivity index (χ3n) is 3.61. The molecule has 0 saturated heterocycles. The Hall–Kier alpha value is -2.34.